The number of nitrogens with zero attached hydrogens (tertiary/aromatic N) is 2. The molecule has 1 saturated heterocycles. The van der Waals surface area contributed by atoms with Crippen LogP contribution in [0.4, 0.5) is 20.2 Å². The summed E-state index contributed by atoms with van der Waals surface area (Å²) >= 11 is 0. The Morgan fingerprint density at radius 1 is 0.821 bits per heavy atom. The highest BCUT2D eigenvalue weighted by molar-refractivity contribution is 5.99. The first kappa shape index (κ1) is 18.4. The summed E-state index contributed by atoms with van der Waals surface area (Å²) in [5.74, 6) is -1.42. The maximum atomic E-state index is 13.1. The van der Waals surface area contributed by atoms with Crippen LogP contribution in [0.25, 0.3) is 0 Å². The van der Waals surface area contributed by atoms with E-state index in [-0.39, 0.29) is 35.3 Å². The molecule has 1 aliphatic carbocycles. The fourth-order valence-electron chi connectivity index (χ4n) is 3.60. The number of anilines is 2. The lowest BCUT2D eigenvalue weighted by Crippen LogP contribution is -2.49. The van der Waals surface area contributed by atoms with Gasteiger partial charge in [-0.3, -0.25) is 9.59 Å². The molecule has 2 fully saturated rings. The molecule has 1 aliphatic heterocycles. The summed E-state index contributed by atoms with van der Waals surface area (Å²) in [6.45, 7) is 2.52. The fourth-order valence-corrected chi connectivity index (χ4v) is 3.60. The topological polar surface area (TPSA) is 52.7 Å². The molecule has 146 valence electrons. The van der Waals surface area contributed by atoms with E-state index in [0.717, 1.165) is 5.69 Å². The molecule has 0 bridgehead atoms. The number of hydrogen-bond acceptors (Lipinski definition) is 3. The molecular formula is C21H21F2N3O2. The second-order valence-corrected chi connectivity index (χ2v) is 7.23. The van der Waals surface area contributed by atoms with Gasteiger partial charge < -0.3 is 15.1 Å². The average molecular weight is 385 g/mol. The van der Waals surface area contributed by atoms with Crippen LogP contribution in [0, 0.1) is 23.5 Å². The van der Waals surface area contributed by atoms with Crippen LogP contribution in [0.5, 0.6) is 0 Å². The molecule has 7 heteroatoms. The number of amides is 2. The average Bonchev–Trinajstić information content (AvgIpc) is 3.51. The highest BCUT2D eigenvalue weighted by Gasteiger charge is 2.49. The van der Waals surface area contributed by atoms with Crippen molar-refractivity contribution in [1.29, 1.82) is 0 Å². The van der Waals surface area contributed by atoms with Gasteiger partial charge in [0.1, 0.15) is 11.6 Å². The molecule has 1 saturated carbocycles. The summed E-state index contributed by atoms with van der Waals surface area (Å²) in [6, 6.07) is 11.9. The lowest BCUT2D eigenvalue weighted by atomic mass is 10.2. The number of carbonyl (C=O) groups excluding carboxylic acids is 2. The smallest absolute Gasteiger partial charge is 0.228 e. The number of hydrogen-bond donors (Lipinski definition) is 1. The Balaban J connectivity index is 1.27. The molecule has 2 unspecified atom stereocenters. The van der Waals surface area contributed by atoms with Crippen LogP contribution in [-0.4, -0.2) is 42.9 Å². The van der Waals surface area contributed by atoms with Gasteiger partial charge in [0.2, 0.25) is 11.8 Å². The molecule has 0 radical (unpaired) electrons. The zero-order valence-corrected chi connectivity index (χ0v) is 15.3. The van der Waals surface area contributed by atoms with Gasteiger partial charge in [-0.2, -0.15) is 0 Å². The summed E-state index contributed by atoms with van der Waals surface area (Å²) in [5, 5.41) is 2.74. The van der Waals surface area contributed by atoms with E-state index in [1.165, 1.54) is 36.4 Å². The maximum Gasteiger partial charge on any atom is 0.228 e. The molecule has 28 heavy (non-hydrogen) atoms. The first-order valence-electron chi connectivity index (χ1n) is 9.37. The van der Waals surface area contributed by atoms with Crippen molar-refractivity contribution in [2.75, 3.05) is 36.4 Å². The van der Waals surface area contributed by atoms with Crippen molar-refractivity contribution in [2.24, 2.45) is 11.8 Å². The first-order chi connectivity index (χ1) is 13.5. The molecule has 0 spiro atoms. The van der Waals surface area contributed by atoms with Gasteiger partial charge in [0, 0.05) is 37.6 Å². The van der Waals surface area contributed by atoms with Crippen molar-refractivity contribution in [3.05, 3.63) is 60.2 Å². The minimum absolute atomic E-state index is 0.0120. The normalized spacial score (nSPS) is 21.4. The van der Waals surface area contributed by atoms with Crippen LogP contribution in [0.2, 0.25) is 0 Å². The molecule has 0 aromatic heterocycles. The Morgan fingerprint density at radius 3 is 2.00 bits per heavy atom. The largest absolute Gasteiger partial charge is 0.368 e. The van der Waals surface area contributed by atoms with E-state index in [2.05, 4.69) is 10.2 Å². The third-order valence-electron chi connectivity index (χ3n) is 5.34. The van der Waals surface area contributed by atoms with Gasteiger partial charge >= 0.3 is 0 Å². The first-order valence-corrected chi connectivity index (χ1v) is 9.37. The standard InChI is InChI=1S/C21H21F2N3O2/c22-14-1-5-16(6-2-14)24-20(27)18-13-19(18)21(28)26-11-9-25(10-12-26)17-7-3-15(23)4-8-17/h1-8,18-19H,9-13H2,(H,24,27). The third-order valence-corrected chi connectivity index (χ3v) is 5.34. The van der Waals surface area contributed by atoms with E-state index in [1.54, 1.807) is 17.0 Å². The highest BCUT2D eigenvalue weighted by Crippen LogP contribution is 2.41. The Morgan fingerprint density at radius 2 is 1.39 bits per heavy atom. The Kier molecular flexibility index (Phi) is 4.98. The van der Waals surface area contributed by atoms with Crippen LogP contribution in [0.1, 0.15) is 6.42 Å². The Hall–Kier alpha value is -2.96. The maximum absolute atomic E-state index is 13.1. The van der Waals surface area contributed by atoms with Gasteiger partial charge in [-0.25, -0.2) is 8.78 Å². The lowest BCUT2D eigenvalue weighted by Gasteiger charge is -2.36. The summed E-state index contributed by atoms with van der Waals surface area (Å²) in [5.41, 5.74) is 1.47. The summed E-state index contributed by atoms with van der Waals surface area (Å²) in [6.07, 6.45) is 0.546. The van der Waals surface area contributed by atoms with Crippen LogP contribution in [0.15, 0.2) is 48.5 Å². The monoisotopic (exact) mass is 385 g/mol. The minimum atomic E-state index is -0.364. The van der Waals surface area contributed by atoms with Crippen molar-refractivity contribution in [3.63, 3.8) is 0 Å². The van der Waals surface area contributed by atoms with Crippen LogP contribution in [0.3, 0.4) is 0 Å². The third kappa shape index (κ3) is 3.98. The molecule has 1 N–H and O–H groups in total. The second-order valence-electron chi connectivity index (χ2n) is 7.23. The zero-order valence-electron chi connectivity index (χ0n) is 15.3. The molecule has 2 amide bonds. The van der Waals surface area contributed by atoms with E-state index < -0.39 is 0 Å². The van der Waals surface area contributed by atoms with Crippen molar-refractivity contribution < 1.29 is 18.4 Å². The van der Waals surface area contributed by atoms with Crippen molar-refractivity contribution in [2.45, 2.75) is 6.42 Å². The Bertz CT molecular complexity index is 862. The molecule has 5 nitrogen and oxygen atoms in total. The molecular weight excluding hydrogens is 364 g/mol. The number of benzene rings is 2. The van der Waals surface area contributed by atoms with Crippen LogP contribution in [-0.2, 0) is 9.59 Å². The predicted molar refractivity (Wildman–Crippen MR) is 102 cm³/mol. The van der Waals surface area contributed by atoms with E-state index in [9.17, 15) is 18.4 Å². The lowest BCUT2D eigenvalue weighted by molar-refractivity contribution is -0.134. The van der Waals surface area contributed by atoms with E-state index in [0.29, 0.717) is 38.3 Å². The van der Waals surface area contributed by atoms with E-state index in [4.69, 9.17) is 0 Å². The molecule has 2 aliphatic rings. The number of nitrogens with one attached hydrogen (secondary N) is 1. The van der Waals surface area contributed by atoms with Crippen LogP contribution >= 0.6 is 0 Å². The fraction of sp³-hybridized carbons (Fsp3) is 0.333. The highest BCUT2D eigenvalue weighted by atomic mass is 19.1. The molecule has 1 heterocycles. The number of halogens is 2. The van der Waals surface area contributed by atoms with Gasteiger partial charge in [0.05, 0.1) is 11.8 Å². The predicted octanol–water partition coefficient (Wildman–Crippen LogP) is 2.89. The minimum Gasteiger partial charge on any atom is -0.368 e. The van der Waals surface area contributed by atoms with Gasteiger partial charge in [-0.1, -0.05) is 0 Å². The van der Waals surface area contributed by atoms with Crippen LogP contribution < -0.4 is 10.2 Å². The van der Waals surface area contributed by atoms with E-state index in [1.807, 2.05) is 0 Å². The quantitative estimate of drug-likeness (QED) is 0.881. The number of carbonyl (C=O) groups is 2. The molecule has 2 atom stereocenters. The second kappa shape index (κ2) is 7.58. The molecule has 2 aromatic carbocycles. The van der Waals surface area contributed by atoms with Crippen molar-refractivity contribution in [3.8, 4) is 0 Å². The number of rotatable bonds is 4. The van der Waals surface area contributed by atoms with Crippen molar-refractivity contribution >= 4 is 23.2 Å². The SMILES string of the molecule is O=C(Nc1ccc(F)cc1)C1CC1C(=O)N1CCN(c2ccc(F)cc2)CC1. The summed E-state index contributed by atoms with van der Waals surface area (Å²) < 4.78 is 26.0. The van der Waals surface area contributed by atoms with Gasteiger partial charge in [0.15, 0.2) is 0 Å². The summed E-state index contributed by atoms with van der Waals surface area (Å²) in [7, 11) is 0. The zero-order chi connectivity index (χ0) is 19.7. The van der Waals surface area contributed by atoms with Gasteiger partial charge in [0.25, 0.3) is 0 Å². The molecule has 2 aromatic rings. The van der Waals surface area contributed by atoms with Gasteiger partial charge in [-0.05, 0) is 55.0 Å². The van der Waals surface area contributed by atoms with Gasteiger partial charge in [-0.15, -0.1) is 0 Å². The summed E-state index contributed by atoms with van der Waals surface area (Å²) in [4.78, 5) is 28.9. The molecule has 4 rings (SSSR count). The Labute approximate surface area is 161 Å². The number of piperazine rings is 1. The van der Waals surface area contributed by atoms with Crippen molar-refractivity contribution in [1.82, 2.24) is 4.90 Å². The van der Waals surface area contributed by atoms with E-state index >= 15 is 0 Å².